The van der Waals surface area contributed by atoms with Crippen LogP contribution in [0.5, 0.6) is 0 Å². The lowest BCUT2D eigenvalue weighted by Crippen LogP contribution is -2.52. The Kier molecular flexibility index (Phi) is 19.7. The number of hydrogen-bond donors (Lipinski definition) is 4. The Morgan fingerprint density at radius 3 is 1.86 bits per heavy atom. The van der Waals surface area contributed by atoms with Gasteiger partial charge in [0.15, 0.2) is 0 Å². The molecule has 416 valence electrons. The first-order valence-corrected chi connectivity index (χ1v) is 29.0. The van der Waals surface area contributed by atoms with Crippen LogP contribution in [0.1, 0.15) is 134 Å². The maximum absolute atomic E-state index is 15.3. The van der Waals surface area contributed by atoms with Crippen LogP contribution < -0.4 is 16.8 Å². The Bertz CT molecular complexity index is 2710. The number of nitrogens with two attached hydrogens (primary N) is 2. The summed E-state index contributed by atoms with van der Waals surface area (Å²) in [6.45, 7) is 6.29. The number of nitrogens with one attached hydrogen (secondary N) is 1. The fraction of sp³-hybridized carbons (Fsp3) is 0.548. The van der Waals surface area contributed by atoms with E-state index in [2.05, 4.69) is 42.6 Å². The minimum absolute atomic E-state index is 0.00651. The largest absolute Gasteiger partial charge is 0.450 e. The predicted octanol–water partition coefficient (Wildman–Crippen LogP) is 10.6. The van der Waals surface area contributed by atoms with Gasteiger partial charge in [0.25, 0.3) is 0 Å². The topological polar surface area (TPSA) is 181 Å². The Morgan fingerprint density at radius 2 is 1.29 bits per heavy atom. The van der Waals surface area contributed by atoms with Crippen molar-refractivity contribution in [2.24, 2.45) is 35.1 Å². The molecule has 2 saturated heterocycles. The van der Waals surface area contributed by atoms with Crippen LogP contribution in [0.2, 0.25) is 10.0 Å². The summed E-state index contributed by atoms with van der Waals surface area (Å²) in [7, 11) is 3.67. The second kappa shape index (κ2) is 26.2. The van der Waals surface area contributed by atoms with Gasteiger partial charge >= 0.3 is 12.2 Å². The Morgan fingerprint density at radius 1 is 0.727 bits per heavy atom. The zero-order chi connectivity index (χ0) is 54.9. The molecule has 2 saturated carbocycles. The molecule has 77 heavy (non-hydrogen) atoms. The molecule has 4 amide bonds. The second-order valence-corrected chi connectivity index (χ2v) is 23.7. The molecule has 0 spiro atoms. The first kappa shape index (κ1) is 58.0. The minimum Gasteiger partial charge on any atom is -0.450 e. The number of carbonyl (C=O) groups is 4. The lowest BCUT2D eigenvalue weighted by atomic mass is 9.72. The van der Waals surface area contributed by atoms with Crippen molar-refractivity contribution in [2.75, 3.05) is 53.4 Å². The predicted molar refractivity (Wildman–Crippen MR) is 304 cm³/mol. The van der Waals surface area contributed by atoms with Gasteiger partial charge in [-0.2, -0.15) is 0 Å². The van der Waals surface area contributed by atoms with Gasteiger partial charge in [-0.3, -0.25) is 9.59 Å². The molecule has 4 aromatic carbocycles. The van der Waals surface area contributed by atoms with Gasteiger partial charge in [-0.05, 0) is 164 Å². The van der Waals surface area contributed by atoms with Crippen molar-refractivity contribution < 1.29 is 33.8 Å². The van der Waals surface area contributed by atoms with E-state index in [1.807, 2.05) is 78.4 Å². The molecule has 2 aliphatic heterocycles. The van der Waals surface area contributed by atoms with Gasteiger partial charge < -0.3 is 46.1 Å². The summed E-state index contributed by atoms with van der Waals surface area (Å²) < 4.78 is 12.5. The fourth-order valence-electron chi connectivity index (χ4n) is 13.4. The van der Waals surface area contributed by atoms with Crippen molar-refractivity contribution >= 4 is 47.2 Å². The van der Waals surface area contributed by atoms with Crippen molar-refractivity contribution in [1.29, 1.82) is 0 Å². The molecule has 0 aromatic heterocycles. The average molecular weight is 1090 g/mol. The van der Waals surface area contributed by atoms with Crippen LogP contribution in [0.25, 0.3) is 0 Å². The number of aryl methyl sites for hydroxylation is 2. The summed E-state index contributed by atoms with van der Waals surface area (Å²) >= 11 is 14.4. The van der Waals surface area contributed by atoms with Gasteiger partial charge in [-0.1, -0.05) is 107 Å². The van der Waals surface area contributed by atoms with Crippen LogP contribution in [0.15, 0.2) is 84.9 Å². The first-order valence-electron chi connectivity index (χ1n) is 28.2. The number of likely N-dealkylation sites (tertiary alicyclic amines) is 2. The van der Waals surface area contributed by atoms with Crippen LogP contribution in [-0.4, -0.2) is 109 Å². The molecule has 8 unspecified atom stereocenters. The van der Waals surface area contributed by atoms with Gasteiger partial charge in [0.05, 0.1) is 12.2 Å². The molecule has 4 fully saturated rings. The molecular formula is C62H82Cl2N6O7. The molecule has 0 bridgehead atoms. The Hall–Kier alpha value is -5.18. The van der Waals surface area contributed by atoms with E-state index in [0.717, 1.165) is 83.0 Å². The van der Waals surface area contributed by atoms with Gasteiger partial charge in [0, 0.05) is 91.1 Å². The quantitative estimate of drug-likeness (QED) is 0.0627. The number of halogens is 2. The van der Waals surface area contributed by atoms with E-state index in [0.29, 0.717) is 87.6 Å². The number of piperidine rings is 2. The van der Waals surface area contributed by atoms with Crippen molar-refractivity contribution in [3.8, 4) is 0 Å². The number of benzene rings is 4. The van der Waals surface area contributed by atoms with Crippen molar-refractivity contribution in [3.63, 3.8) is 0 Å². The molecule has 2 heterocycles. The summed E-state index contributed by atoms with van der Waals surface area (Å²) in [6.07, 6.45) is 8.27. The summed E-state index contributed by atoms with van der Waals surface area (Å²) in [6, 6.07) is 28.3. The number of primary amides is 1. The summed E-state index contributed by atoms with van der Waals surface area (Å²) in [5.41, 5.74) is 16.5. The third kappa shape index (κ3) is 14.0. The zero-order valence-electron chi connectivity index (χ0n) is 45.8. The number of rotatable bonds is 20. The molecule has 2 aliphatic carbocycles. The number of hydrogen-bond acceptors (Lipinski definition) is 9. The summed E-state index contributed by atoms with van der Waals surface area (Å²) in [4.78, 5) is 61.3. The first-order chi connectivity index (χ1) is 37.0. The van der Waals surface area contributed by atoms with E-state index >= 15 is 4.79 Å². The van der Waals surface area contributed by atoms with Gasteiger partial charge in [-0.25, -0.2) is 9.59 Å². The lowest BCUT2D eigenvalue weighted by molar-refractivity contribution is -0.142. The highest BCUT2D eigenvalue weighted by atomic mass is 35.5. The van der Waals surface area contributed by atoms with E-state index < -0.39 is 23.4 Å². The fourth-order valence-corrected chi connectivity index (χ4v) is 13.9. The molecule has 0 radical (unpaired) electrons. The van der Waals surface area contributed by atoms with E-state index in [1.54, 1.807) is 11.9 Å². The standard InChI is InChI=1S/C62H82Cl2N6O7/c1-41-13-5-15-43(33-41)35-51-53(19-7-21-55(51)63)61(75,47-17-9-30-69(39-47)57(71)45-23-25-49(65)37-45)27-11-29-68(4)60(74)77-62(28-12-32-76-59(66)73,48-18-10-31-70(40-48)58(72)46-24-26-50(38-46)67-3)54-20-8-22-56(64)52(54)36-44-16-6-14-42(2)34-44/h5-8,13-16,19-22,33-34,45-50,67,75H,9-12,17-18,23-32,35-40,65H2,1-4H3,(H2,66,73). The molecule has 6 N–H and O–H groups in total. The number of carbonyl (C=O) groups excluding carboxylic acids is 4. The molecule has 15 heteroatoms. The molecule has 4 aromatic rings. The van der Waals surface area contributed by atoms with E-state index in [1.165, 1.54) is 0 Å². The Labute approximate surface area is 466 Å². The maximum Gasteiger partial charge on any atom is 0.410 e. The molecule has 8 atom stereocenters. The minimum atomic E-state index is -1.43. The third-order valence-electron chi connectivity index (χ3n) is 17.5. The highest BCUT2D eigenvalue weighted by molar-refractivity contribution is 6.31. The molecular weight excluding hydrogens is 1010 g/mol. The van der Waals surface area contributed by atoms with Crippen LogP contribution in [0.4, 0.5) is 9.59 Å². The summed E-state index contributed by atoms with van der Waals surface area (Å²) in [5.74, 6) is -0.680. The Balaban J connectivity index is 1.12. The molecule has 8 rings (SSSR count). The van der Waals surface area contributed by atoms with Gasteiger partial charge in [0.2, 0.25) is 11.8 Å². The van der Waals surface area contributed by atoms with E-state index in [-0.39, 0.29) is 73.6 Å². The highest BCUT2D eigenvalue weighted by Gasteiger charge is 2.49. The highest BCUT2D eigenvalue weighted by Crippen LogP contribution is 2.48. The van der Waals surface area contributed by atoms with E-state index in [9.17, 15) is 19.5 Å². The lowest BCUT2D eigenvalue weighted by Gasteiger charge is -2.47. The van der Waals surface area contributed by atoms with Gasteiger partial charge in [-0.15, -0.1) is 0 Å². The normalized spacial score (nSPS) is 23.2. The van der Waals surface area contributed by atoms with Crippen LogP contribution in [0, 0.1) is 37.5 Å². The monoisotopic (exact) mass is 1090 g/mol. The zero-order valence-corrected chi connectivity index (χ0v) is 47.3. The maximum atomic E-state index is 15.3. The number of nitrogens with zero attached hydrogens (tertiary/aromatic N) is 3. The van der Waals surface area contributed by atoms with Crippen molar-refractivity contribution in [2.45, 2.75) is 140 Å². The molecule has 13 nitrogen and oxygen atoms in total. The van der Waals surface area contributed by atoms with E-state index in [4.69, 9.17) is 44.1 Å². The number of ether oxygens (including phenoxy) is 2. The number of amides is 4. The van der Waals surface area contributed by atoms with Crippen LogP contribution in [-0.2, 0) is 43.1 Å². The van der Waals surface area contributed by atoms with Crippen LogP contribution >= 0.6 is 23.2 Å². The summed E-state index contributed by atoms with van der Waals surface area (Å²) in [5, 5.41) is 18.0. The van der Waals surface area contributed by atoms with Crippen molar-refractivity contribution in [1.82, 2.24) is 20.0 Å². The molecule has 4 aliphatic rings. The average Bonchev–Trinajstić information content (AvgIpc) is 4.16. The third-order valence-corrected chi connectivity index (χ3v) is 18.2. The number of aliphatic hydroxyl groups is 1. The van der Waals surface area contributed by atoms with Crippen molar-refractivity contribution in [3.05, 3.63) is 139 Å². The van der Waals surface area contributed by atoms with Crippen LogP contribution in [0.3, 0.4) is 0 Å². The second-order valence-electron chi connectivity index (χ2n) is 22.9. The smallest absolute Gasteiger partial charge is 0.410 e. The SMILES string of the molecule is CNC1CCC(C(=O)N2CCCC(C(CCCOC(N)=O)(OC(=O)N(C)CCCC(O)(c3cccc(Cl)c3Cc3cccc(C)c3)C3CCCN(C(=O)C4CCC(N)C4)C3)c3cccc(Cl)c3Cc3cccc(C)c3)C2)C1. The van der Waals surface area contributed by atoms with Gasteiger partial charge in [0.1, 0.15) is 5.60 Å².